The molecule has 17 heavy (non-hydrogen) atoms. The second-order valence-corrected chi connectivity index (χ2v) is 3.45. The van der Waals surface area contributed by atoms with E-state index in [1.54, 1.807) is 7.11 Å². The van der Waals surface area contributed by atoms with Crippen molar-refractivity contribution in [3.8, 4) is 0 Å². The summed E-state index contributed by atoms with van der Waals surface area (Å²) in [4.78, 5) is 14.4. The van der Waals surface area contributed by atoms with Gasteiger partial charge in [0.25, 0.3) is 0 Å². The molecule has 1 heterocycles. The fourth-order valence-corrected chi connectivity index (χ4v) is 1.31. The van der Waals surface area contributed by atoms with Crippen LogP contribution in [-0.4, -0.2) is 36.3 Å². The van der Waals surface area contributed by atoms with Crippen molar-refractivity contribution in [2.24, 2.45) is 0 Å². The van der Waals surface area contributed by atoms with Crippen LogP contribution in [0, 0.1) is 5.82 Å². The van der Waals surface area contributed by atoms with E-state index in [0.29, 0.717) is 13.2 Å². The molecule has 94 valence electrons. The highest BCUT2D eigenvalue weighted by Crippen LogP contribution is 2.14. The number of pyridine rings is 1. The first-order valence-corrected chi connectivity index (χ1v) is 5.27. The summed E-state index contributed by atoms with van der Waals surface area (Å²) in [5.41, 5.74) is -0.376. The number of nitrogens with one attached hydrogen (secondary N) is 1. The van der Waals surface area contributed by atoms with Gasteiger partial charge in [-0.3, -0.25) is 0 Å². The van der Waals surface area contributed by atoms with Gasteiger partial charge in [0.1, 0.15) is 5.56 Å². The number of carboxylic acid groups (broad SMARTS) is 1. The quantitative estimate of drug-likeness (QED) is 0.713. The largest absolute Gasteiger partial charge is 0.478 e. The van der Waals surface area contributed by atoms with Crippen LogP contribution in [0.1, 0.15) is 23.2 Å². The highest BCUT2D eigenvalue weighted by Gasteiger charge is 2.14. The molecule has 6 heteroatoms. The Morgan fingerprint density at radius 3 is 3.00 bits per heavy atom. The van der Waals surface area contributed by atoms with Crippen LogP contribution in [0.25, 0.3) is 0 Å². The predicted molar refractivity (Wildman–Crippen MR) is 60.8 cm³/mol. The summed E-state index contributed by atoms with van der Waals surface area (Å²) in [6.07, 6.45) is 2.92. The van der Waals surface area contributed by atoms with E-state index in [0.717, 1.165) is 18.9 Å². The van der Waals surface area contributed by atoms with E-state index in [1.165, 1.54) is 6.20 Å². The van der Waals surface area contributed by atoms with Gasteiger partial charge in [0.2, 0.25) is 0 Å². The summed E-state index contributed by atoms with van der Waals surface area (Å²) in [5, 5.41) is 11.5. The summed E-state index contributed by atoms with van der Waals surface area (Å²) >= 11 is 0. The van der Waals surface area contributed by atoms with Gasteiger partial charge in [0.15, 0.2) is 11.6 Å². The van der Waals surface area contributed by atoms with Crippen LogP contribution in [0.2, 0.25) is 0 Å². The molecule has 0 aromatic carbocycles. The van der Waals surface area contributed by atoms with Gasteiger partial charge in [0, 0.05) is 26.5 Å². The number of aromatic nitrogens is 1. The number of methoxy groups -OCH3 is 1. The summed E-state index contributed by atoms with van der Waals surface area (Å²) in [6, 6.07) is 1.13. The first-order valence-electron chi connectivity index (χ1n) is 5.27. The third-order valence-electron chi connectivity index (χ3n) is 2.19. The smallest absolute Gasteiger partial charge is 0.338 e. The summed E-state index contributed by atoms with van der Waals surface area (Å²) in [5.74, 6) is -2.15. The number of hydrogen-bond acceptors (Lipinski definition) is 4. The van der Waals surface area contributed by atoms with Crippen LogP contribution in [-0.2, 0) is 4.74 Å². The minimum atomic E-state index is -1.30. The minimum Gasteiger partial charge on any atom is -0.478 e. The maximum absolute atomic E-state index is 13.6. The maximum Gasteiger partial charge on any atom is 0.338 e. The molecule has 1 rings (SSSR count). The molecule has 1 aromatic rings. The zero-order chi connectivity index (χ0) is 12.7. The first kappa shape index (κ1) is 13.4. The predicted octanol–water partition coefficient (Wildman–Crippen LogP) is 1.76. The van der Waals surface area contributed by atoms with Crippen molar-refractivity contribution in [1.82, 2.24) is 4.98 Å². The fourth-order valence-electron chi connectivity index (χ4n) is 1.31. The van der Waals surface area contributed by atoms with E-state index in [4.69, 9.17) is 9.84 Å². The number of anilines is 1. The molecule has 2 N–H and O–H groups in total. The van der Waals surface area contributed by atoms with Crippen molar-refractivity contribution in [2.45, 2.75) is 12.8 Å². The summed E-state index contributed by atoms with van der Waals surface area (Å²) in [7, 11) is 1.62. The molecule has 0 unspecified atom stereocenters. The van der Waals surface area contributed by atoms with E-state index >= 15 is 0 Å². The van der Waals surface area contributed by atoms with E-state index < -0.39 is 11.8 Å². The highest BCUT2D eigenvalue weighted by atomic mass is 19.1. The standard InChI is InChI=1S/C11H15FN2O3/c1-17-7-3-2-5-13-10-9(12)8(11(15)16)4-6-14-10/h4,6H,2-3,5,7H2,1H3,(H,13,14)(H,15,16). The molecule has 0 bridgehead atoms. The molecule has 0 aliphatic heterocycles. The molecule has 0 fully saturated rings. The number of carboxylic acids is 1. The number of unbranched alkanes of at least 4 members (excludes halogenated alkanes) is 1. The average molecular weight is 242 g/mol. The second kappa shape index (κ2) is 6.80. The topological polar surface area (TPSA) is 71.5 Å². The highest BCUT2D eigenvalue weighted by molar-refractivity contribution is 5.88. The molecule has 0 aliphatic carbocycles. The minimum absolute atomic E-state index is 0.0256. The number of aromatic carboxylic acids is 1. The van der Waals surface area contributed by atoms with Gasteiger partial charge >= 0.3 is 5.97 Å². The Labute approximate surface area is 98.6 Å². The zero-order valence-electron chi connectivity index (χ0n) is 9.57. The third-order valence-corrected chi connectivity index (χ3v) is 2.19. The molecule has 0 aliphatic rings. The fraction of sp³-hybridized carbons (Fsp3) is 0.455. The molecular weight excluding hydrogens is 227 g/mol. The number of hydrogen-bond donors (Lipinski definition) is 2. The molecule has 0 saturated carbocycles. The number of nitrogens with zero attached hydrogens (tertiary/aromatic N) is 1. The van der Waals surface area contributed by atoms with Crippen molar-refractivity contribution in [3.05, 3.63) is 23.6 Å². The van der Waals surface area contributed by atoms with Crippen molar-refractivity contribution in [1.29, 1.82) is 0 Å². The van der Waals surface area contributed by atoms with Gasteiger partial charge in [-0.1, -0.05) is 0 Å². The normalized spacial score (nSPS) is 10.2. The molecule has 0 amide bonds. The van der Waals surface area contributed by atoms with E-state index in [-0.39, 0.29) is 11.4 Å². The lowest BCUT2D eigenvalue weighted by Crippen LogP contribution is -2.10. The Morgan fingerprint density at radius 2 is 2.35 bits per heavy atom. The second-order valence-electron chi connectivity index (χ2n) is 3.45. The Hall–Kier alpha value is -1.69. The molecular formula is C11H15FN2O3. The molecule has 0 atom stereocenters. The monoisotopic (exact) mass is 242 g/mol. The first-order chi connectivity index (χ1) is 8.16. The van der Waals surface area contributed by atoms with Crippen molar-refractivity contribution in [2.75, 3.05) is 25.6 Å². The van der Waals surface area contributed by atoms with Crippen molar-refractivity contribution >= 4 is 11.8 Å². The zero-order valence-corrected chi connectivity index (χ0v) is 9.57. The molecule has 0 radical (unpaired) electrons. The maximum atomic E-state index is 13.6. The Kier molecular flexibility index (Phi) is 5.35. The van der Waals surface area contributed by atoms with Crippen LogP contribution in [0.5, 0.6) is 0 Å². The van der Waals surface area contributed by atoms with Crippen molar-refractivity contribution in [3.63, 3.8) is 0 Å². The lowest BCUT2D eigenvalue weighted by atomic mass is 10.2. The van der Waals surface area contributed by atoms with Gasteiger partial charge in [0.05, 0.1) is 0 Å². The number of halogens is 1. The summed E-state index contributed by atoms with van der Waals surface area (Å²) < 4.78 is 18.4. The molecule has 1 aromatic heterocycles. The molecule has 0 saturated heterocycles. The van der Waals surface area contributed by atoms with Crippen LogP contribution in [0.15, 0.2) is 12.3 Å². The van der Waals surface area contributed by atoms with Crippen LogP contribution >= 0.6 is 0 Å². The van der Waals surface area contributed by atoms with Gasteiger partial charge in [-0.25, -0.2) is 14.2 Å². The number of rotatable bonds is 7. The van der Waals surface area contributed by atoms with Crippen LogP contribution in [0.4, 0.5) is 10.2 Å². The summed E-state index contributed by atoms with van der Waals surface area (Å²) in [6.45, 7) is 1.17. The molecule has 5 nitrogen and oxygen atoms in total. The lowest BCUT2D eigenvalue weighted by molar-refractivity contribution is 0.0692. The lowest BCUT2D eigenvalue weighted by Gasteiger charge is -2.07. The Morgan fingerprint density at radius 1 is 1.59 bits per heavy atom. The Balaban J connectivity index is 2.54. The SMILES string of the molecule is COCCCCNc1nccc(C(=O)O)c1F. The van der Waals surface area contributed by atoms with Crippen molar-refractivity contribution < 1.29 is 19.0 Å². The van der Waals surface area contributed by atoms with E-state index in [1.807, 2.05) is 0 Å². The van der Waals surface area contributed by atoms with Gasteiger partial charge in [-0.15, -0.1) is 0 Å². The van der Waals surface area contributed by atoms with Crippen LogP contribution in [0.3, 0.4) is 0 Å². The van der Waals surface area contributed by atoms with Gasteiger partial charge < -0.3 is 15.2 Å². The molecule has 0 spiro atoms. The van der Waals surface area contributed by atoms with Crippen LogP contribution < -0.4 is 5.32 Å². The van der Waals surface area contributed by atoms with E-state index in [2.05, 4.69) is 10.3 Å². The van der Waals surface area contributed by atoms with Gasteiger partial charge in [-0.05, 0) is 18.9 Å². The average Bonchev–Trinajstić information content (AvgIpc) is 2.30. The number of carbonyl (C=O) groups is 1. The van der Waals surface area contributed by atoms with Gasteiger partial charge in [-0.2, -0.15) is 0 Å². The Bertz CT molecular complexity index is 385. The third kappa shape index (κ3) is 3.99. The van der Waals surface area contributed by atoms with E-state index in [9.17, 15) is 9.18 Å². The number of ether oxygens (including phenoxy) is 1.